The highest BCUT2D eigenvalue weighted by Crippen LogP contribution is 2.22. The lowest BCUT2D eigenvalue weighted by molar-refractivity contribution is 0.0527. The highest BCUT2D eigenvalue weighted by Gasteiger charge is 2.13. The van der Waals surface area contributed by atoms with E-state index in [1.54, 1.807) is 61.5 Å². The van der Waals surface area contributed by atoms with Crippen LogP contribution in [0.4, 0.5) is 17.2 Å². The van der Waals surface area contributed by atoms with E-state index >= 15 is 0 Å². The number of hydrogen-bond acceptors (Lipinski definition) is 6. The first-order chi connectivity index (χ1) is 14.1. The van der Waals surface area contributed by atoms with Crippen molar-refractivity contribution in [3.63, 3.8) is 0 Å². The molecule has 1 heterocycles. The highest BCUT2D eigenvalue weighted by atomic mass is 16.5. The summed E-state index contributed by atoms with van der Waals surface area (Å²) in [5.41, 5.74) is 1.97. The van der Waals surface area contributed by atoms with Crippen molar-refractivity contribution in [2.45, 2.75) is 6.92 Å². The number of nitrogens with one attached hydrogen (secondary N) is 2. The van der Waals surface area contributed by atoms with E-state index in [1.165, 1.54) is 13.3 Å². The molecule has 0 aliphatic heterocycles. The lowest BCUT2D eigenvalue weighted by Gasteiger charge is -2.12. The number of pyridine rings is 1. The number of carbonyl (C=O) groups excluding carboxylic acids is 2. The number of methoxy groups -OCH3 is 1. The van der Waals surface area contributed by atoms with Gasteiger partial charge in [-0.15, -0.1) is 0 Å². The minimum atomic E-state index is -0.406. The van der Waals surface area contributed by atoms with E-state index in [-0.39, 0.29) is 5.91 Å². The van der Waals surface area contributed by atoms with Crippen molar-refractivity contribution in [1.29, 1.82) is 0 Å². The van der Waals surface area contributed by atoms with Gasteiger partial charge in [0.2, 0.25) is 0 Å². The van der Waals surface area contributed by atoms with Gasteiger partial charge in [0.25, 0.3) is 5.91 Å². The van der Waals surface area contributed by atoms with Crippen LogP contribution in [0.3, 0.4) is 0 Å². The Morgan fingerprint density at radius 3 is 2.38 bits per heavy atom. The Labute approximate surface area is 168 Å². The van der Waals surface area contributed by atoms with Crippen molar-refractivity contribution < 1.29 is 19.1 Å². The maximum absolute atomic E-state index is 12.5. The molecule has 0 fully saturated rings. The van der Waals surface area contributed by atoms with E-state index < -0.39 is 5.97 Å². The standard InChI is InChI=1S/C22H21N3O4/c1-3-29-22(27)16-8-4-6-10-18(16)25-20-13-12-15(14-23-20)24-21(26)17-9-5-7-11-19(17)28-2/h4-14H,3H2,1-2H3,(H,23,25)(H,24,26). The smallest absolute Gasteiger partial charge is 0.340 e. The largest absolute Gasteiger partial charge is 0.496 e. The summed E-state index contributed by atoms with van der Waals surface area (Å²) in [4.78, 5) is 28.8. The Bertz CT molecular complexity index is 1000. The number of hydrogen-bond donors (Lipinski definition) is 2. The van der Waals surface area contributed by atoms with E-state index in [0.717, 1.165) is 0 Å². The van der Waals surface area contributed by atoms with Crippen LogP contribution >= 0.6 is 0 Å². The Kier molecular flexibility index (Phi) is 6.42. The molecule has 0 spiro atoms. The minimum Gasteiger partial charge on any atom is -0.496 e. The van der Waals surface area contributed by atoms with Crippen LogP contribution in [-0.4, -0.2) is 30.6 Å². The van der Waals surface area contributed by atoms with Gasteiger partial charge in [-0.1, -0.05) is 24.3 Å². The van der Waals surface area contributed by atoms with Crippen LogP contribution in [0, 0.1) is 0 Å². The lowest BCUT2D eigenvalue weighted by Crippen LogP contribution is -2.13. The molecule has 3 rings (SSSR count). The third-order valence-electron chi connectivity index (χ3n) is 4.06. The van der Waals surface area contributed by atoms with Gasteiger partial charge >= 0.3 is 5.97 Å². The van der Waals surface area contributed by atoms with Crippen LogP contribution in [0.15, 0.2) is 66.9 Å². The fourth-order valence-electron chi connectivity index (χ4n) is 2.69. The number of nitrogens with zero attached hydrogens (tertiary/aromatic N) is 1. The summed E-state index contributed by atoms with van der Waals surface area (Å²) in [7, 11) is 1.52. The van der Waals surface area contributed by atoms with Crippen LogP contribution in [0.1, 0.15) is 27.6 Å². The monoisotopic (exact) mass is 391 g/mol. The molecule has 29 heavy (non-hydrogen) atoms. The fraction of sp³-hybridized carbons (Fsp3) is 0.136. The molecule has 0 aliphatic carbocycles. The summed E-state index contributed by atoms with van der Waals surface area (Å²) in [5, 5.41) is 5.88. The maximum Gasteiger partial charge on any atom is 0.340 e. The lowest BCUT2D eigenvalue weighted by atomic mass is 10.1. The molecule has 2 aromatic carbocycles. The topological polar surface area (TPSA) is 89.6 Å². The number of rotatable bonds is 7. The molecule has 0 atom stereocenters. The van der Waals surface area contributed by atoms with Crippen LogP contribution in [0.25, 0.3) is 0 Å². The minimum absolute atomic E-state index is 0.294. The predicted molar refractivity (Wildman–Crippen MR) is 111 cm³/mol. The van der Waals surface area contributed by atoms with Crippen LogP contribution in [-0.2, 0) is 4.74 Å². The summed E-state index contributed by atoms with van der Waals surface area (Å²) in [6.07, 6.45) is 1.53. The molecule has 0 saturated heterocycles. The van der Waals surface area contributed by atoms with E-state index in [4.69, 9.17) is 9.47 Å². The molecule has 7 heteroatoms. The van der Waals surface area contributed by atoms with E-state index in [9.17, 15) is 9.59 Å². The third-order valence-corrected chi connectivity index (χ3v) is 4.06. The number of benzene rings is 2. The number of para-hydroxylation sites is 2. The quantitative estimate of drug-likeness (QED) is 0.585. The van der Waals surface area contributed by atoms with Crippen LogP contribution in [0.2, 0.25) is 0 Å². The van der Waals surface area contributed by atoms with Crippen molar-refractivity contribution in [3.05, 3.63) is 78.0 Å². The van der Waals surface area contributed by atoms with E-state index in [0.29, 0.717) is 40.7 Å². The molecule has 0 aliphatic rings. The molecule has 0 bridgehead atoms. The van der Waals surface area contributed by atoms with Crippen molar-refractivity contribution in [2.75, 3.05) is 24.4 Å². The number of esters is 1. The van der Waals surface area contributed by atoms with Gasteiger partial charge in [0, 0.05) is 0 Å². The summed E-state index contributed by atoms with van der Waals surface area (Å²) in [6.45, 7) is 2.06. The average Bonchev–Trinajstić information content (AvgIpc) is 2.75. The van der Waals surface area contributed by atoms with Crippen LogP contribution in [0.5, 0.6) is 5.75 Å². The molecular formula is C22H21N3O4. The van der Waals surface area contributed by atoms with Gasteiger partial charge in [-0.25, -0.2) is 9.78 Å². The van der Waals surface area contributed by atoms with Gasteiger partial charge < -0.3 is 20.1 Å². The Balaban J connectivity index is 1.71. The van der Waals surface area contributed by atoms with Crippen molar-refractivity contribution >= 4 is 29.1 Å². The van der Waals surface area contributed by atoms with E-state index in [1.807, 2.05) is 6.07 Å². The third kappa shape index (κ3) is 4.90. The molecule has 0 unspecified atom stereocenters. The Hall–Kier alpha value is -3.87. The highest BCUT2D eigenvalue weighted by molar-refractivity contribution is 6.06. The zero-order valence-corrected chi connectivity index (χ0v) is 16.1. The molecule has 7 nitrogen and oxygen atoms in total. The summed E-state index contributed by atoms with van der Waals surface area (Å²) in [5.74, 6) is 0.317. The number of amides is 1. The Morgan fingerprint density at radius 2 is 1.69 bits per heavy atom. The van der Waals surface area contributed by atoms with Gasteiger partial charge in [-0.05, 0) is 43.3 Å². The fourth-order valence-corrected chi connectivity index (χ4v) is 2.69. The molecular weight excluding hydrogens is 370 g/mol. The van der Waals surface area contributed by atoms with Gasteiger partial charge in [0.1, 0.15) is 11.6 Å². The molecule has 3 aromatic rings. The first-order valence-electron chi connectivity index (χ1n) is 9.06. The second-order valence-electron chi connectivity index (χ2n) is 5.98. The van der Waals surface area contributed by atoms with Gasteiger partial charge in [-0.3, -0.25) is 4.79 Å². The zero-order valence-electron chi connectivity index (χ0n) is 16.1. The van der Waals surface area contributed by atoms with Crippen LogP contribution < -0.4 is 15.4 Å². The molecule has 0 radical (unpaired) electrons. The number of carbonyl (C=O) groups is 2. The molecule has 1 aromatic heterocycles. The normalized spacial score (nSPS) is 10.1. The van der Waals surface area contributed by atoms with Crippen molar-refractivity contribution in [3.8, 4) is 5.75 Å². The molecule has 2 N–H and O–H groups in total. The number of ether oxygens (including phenoxy) is 2. The molecule has 0 saturated carbocycles. The average molecular weight is 391 g/mol. The second kappa shape index (κ2) is 9.36. The molecule has 148 valence electrons. The SMILES string of the molecule is CCOC(=O)c1ccccc1Nc1ccc(NC(=O)c2ccccc2OC)cn1. The summed E-state index contributed by atoms with van der Waals surface area (Å²) in [6, 6.07) is 17.4. The first kappa shape index (κ1) is 19.9. The second-order valence-corrected chi connectivity index (χ2v) is 5.98. The molecule has 1 amide bonds. The zero-order chi connectivity index (χ0) is 20.6. The number of anilines is 3. The number of aromatic nitrogens is 1. The Morgan fingerprint density at radius 1 is 0.966 bits per heavy atom. The van der Waals surface area contributed by atoms with Gasteiger partial charge in [-0.2, -0.15) is 0 Å². The van der Waals surface area contributed by atoms with Gasteiger partial charge in [0.15, 0.2) is 0 Å². The van der Waals surface area contributed by atoms with Gasteiger partial charge in [0.05, 0.1) is 42.4 Å². The first-order valence-corrected chi connectivity index (χ1v) is 9.06. The predicted octanol–water partition coefficient (Wildman–Crippen LogP) is 4.26. The van der Waals surface area contributed by atoms with Crippen molar-refractivity contribution in [1.82, 2.24) is 4.98 Å². The summed E-state index contributed by atoms with van der Waals surface area (Å²) < 4.78 is 10.3. The van der Waals surface area contributed by atoms with Crippen molar-refractivity contribution in [2.24, 2.45) is 0 Å². The van der Waals surface area contributed by atoms with E-state index in [2.05, 4.69) is 15.6 Å². The maximum atomic E-state index is 12.5. The summed E-state index contributed by atoms with van der Waals surface area (Å²) >= 11 is 0.